The highest BCUT2D eigenvalue weighted by molar-refractivity contribution is 7.11. The quantitative estimate of drug-likeness (QED) is 0.783. The second kappa shape index (κ2) is 5.64. The first-order chi connectivity index (χ1) is 9.33. The average molecular weight is 291 g/mol. The molecule has 0 amide bonds. The largest absolute Gasteiger partial charge is 0.338 e. The van der Waals surface area contributed by atoms with E-state index in [1.165, 1.54) is 9.75 Å². The molecule has 0 saturated heterocycles. The fraction of sp³-hybridized carbons (Fsp3) is 0.231. The molecule has 3 aromatic heterocycles. The maximum Gasteiger partial charge on any atom is 0.240 e. The van der Waals surface area contributed by atoms with E-state index >= 15 is 0 Å². The molecule has 0 aliphatic rings. The van der Waals surface area contributed by atoms with E-state index in [1.807, 2.05) is 6.92 Å². The van der Waals surface area contributed by atoms with Crippen LogP contribution in [0.2, 0.25) is 0 Å². The Morgan fingerprint density at radius 1 is 1.21 bits per heavy atom. The molecule has 0 radical (unpaired) electrons. The lowest BCUT2D eigenvalue weighted by atomic mass is 10.2. The SMILES string of the molecule is Cc1noc(CNC(c2cccs2)c2cccs2)n1. The summed E-state index contributed by atoms with van der Waals surface area (Å²) in [6, 6.07) is 8.60. The van der Waals surface area contributed by atoms with Crippen molar-refractivity contribution in [2.45, 2.75) is 19.5 Å². The van der Waals surface area contributed by atoms with E-state index in [1.54, 1.807) is 22.7 Å². The van der Waals surface area contributed by atoms with Crippen LogP contribution in [0.25, 0.3) is 0 Å². The lowest BCUT2D eigenvalue weighted by Gasteiger charge is -2.14. The van der Waals surface area contributed by atoms with Crippen molar-refractivity contribution in [2.24, 2.45) is 0 Å². The van der Waals surface area contributed by atoms with E-state index in [4.69, 9.17) is 4.52 Å². The minimum atomic E-state index is 0.187. The highest BCUT2D eigenvalue weighted by atomic mass is 32.1. The summed E-state index contributed by atoms with van der Waals surface area (Å²) in [5.41, 5.74) is 0. The average Bonchev–Trinajstić information content (AvgIpc) is 3.11. The zero-order chi connectivity index (χ0) is 13.1. The highest BCUT2D eigenvalue weighted by Crippen LogP contribution is 2.29. The Kier molecular flexibility index (Phi) is 3.72. The Morgan fingerprint density at radius 3 is 2.37 bits per heavy atom. The number of nitrogens with zero attached hydrogens (tertiary/aromatic N) is 2. The predicted octanol–water partition coefficient (Wildman–Crippen LogP) is 3.38. The number of aromatic nitrogens is 2. The first-order valence-electron chi connectivity index (χ1n) is 5.92. The van der Waals surface area contributed by atoms with Crippen LogP contribution in [0.5, 0.6) is 0 Å². The molecule has 3 aromatic rings. The number of hydrogen-bond acceptors (Lipinski definition) is 6. The normalized spacial score (nSPS) is 11.3. The van der Waals surface area contributed by atoms with Gasteiger partial charge in [0.05, 0.1) is 12.6 Å². The molecule has 0 aliphatic heterocycles. The van der Waals surface area contributed by atoms with Crippen molar-refractivity contribution < 1.29 is 4.52 Å². The summed E-state index contributed by atoms with van der Waals surface area (Å²) in [7, 11) is 0. The van der Waals surface area contributed by atoms with Gasteiger partial charge in [-0.15, -0.1) is 22.7 Å². The van der Waals surface area contributed by atoms with Crippen molar-refractivity contribution in [3.05, 3.63) is 56.5 Å². The molecule has 1 N–H and O–H groups in total. The molecule has 3 heterocycles. The molecule has 0 saturated carbocycles. The number of hydrogen-bond donors (Lipinski definition) is 1. The molecule has 3 rings (SSSR count). The van der Waals surface area contributed by atoms with Crippen molar-refractivity contribution in [1.29, 1.82) is 0 Å². The Labute approximate surface area is 119 Å². The van der Waals surface area contributed by atoms with E-state index in [2.05, 4.69) is 50.5 Å². The number of nitrogens with one attached hydrogen (secondary N) is 1. The van der Waals surface area contributed by atoms with E-state index < -0.39 is 0 Å². The summed E-state index contributed by atoms with van der Waals surface area (Å²) in [5, 5.41) is 11.5. The summed E-state index contributed by atoms with van der Waals surface area (Å²) < 4.78 is 5.13. The van der Waals surface area contributed by atoms with E-state index in [0.29, 0.717) is 18.3 Å². The van der Waals surface area contributed by atoms with Crippen molar-refractivity contribution in [2.75, 3.05) is 0 Å². The van der Waals surface area contributed by atoms with Crippen LogP contribution in [0, 0.1) is 6.92 Å². The van der Waals surface area contributed by atoms with Gasteiger partial charge in [0.2, 0.25) is 5.89 Å². The Hall–Kier alpha value is -1.50. The molecular formula is C13H13N3OS2. The van der Waals surface area contributed by atoms with E-state index in [-0.39, 0.29) is 6.04 Å². The fourth-order valence-corrected chi connectivity index (χ4v) is 3.56. The van der Waals surface area contributed by atoms with Gasteiger partial charge in [0.1, 0.15) is 0 Å². The molecule has 0 bridgehead atoms. The smallest absolute Gasteiger partial charge is 0.240 e. The highest BCUT2D eigenvalue weighted by Gasteiger charge is 2.16. The van der Waals surface area contributed by atoms with Crippen molar-refractivity contribution in [3.8, 4) is 0 Å². The molecule has 0 unspecified atom stereocenters. The van der Waals surface area contributed by atoms with Gasteiger partial charge in [-0.2, -0.15) is 4.98 Å². The third-order valence-electron chi connectivity index (χ3n) is 2.68. The third kappa shape index (κ3) is 2.91. The van der Waals surface area contributed by atoms with Gasteiger partial charge < -0.3 is 4.52 Å². The monoisotopic (exact) mass is 291 g/mol. The Morgan fingerprint density at radius 2 is 1.89 bits per heavy atom. The van der Waals surface area contributed by atoms with Gasteiger partial charge in [-0.3, -0.25) is 5.32 Å². The number of aryl methyl sites for hydroxylation is 1. The zero-order valence-corrected chi connectivity index (χ0v) is 12.0. The molecule has 0 atom stereocenters. The molecule has 4 nitrogen and oxygen atoms in total. The molecule has 6 heteroatoms. The first-order valence-corrected chi connectivity index (χ1v) is 7.68. The lowest BCUT2D eigenvalue weighted by Crippen LogP contribution is -2.20. The minimum absolute atomic E-state index is 0.187. The van der Waals surface area contributed by atoms with Crippen molar-refractivity contribution in [3.63, 3.8) is 0 Å². The fourth-order valence-electron chi connectivity index (χ4n) is 1.85. The maximum atomic E-state index is 5.13. The molecule has 19 heavy (non-hydrogen) atoms. The van der Waals surface area contributed by atoms with Gasteiger partial charge in [-0.05, 0) is 29.8 Å². The van der Waals surface area contributed by atoms with E-state index in [9.17, 15) is 0 Å². The van der Waals surface area contributed by atoms with Gasteiger partial charge in [-0.1, -0.05) is 17.3 Å². The molecular weight excluding hydrogens is 278 g/mol. The zero-order valence-electron chi connectivity index (χ0n) is 10.4. The molecule has 0 aromatic carbocycles. The molecule has 98 valence electrons. The van der Waals surface area contributed by atoms with Crippen molar-refractivity contribution in [1.82, 2.24) is 15.5 Å². The summed E-state index contributed by atoms with van der Waals surface area (Å²) in [6.45, 7) is 2.39. The van der Waals surface area contributed by atoms with Gasteiger partial charge in [0, 0.05) is 9.75 Å². The topological polar surface area (TPSA) is 51.0 Å². The number of thiophene rings is 2. The predicted molar refractivity (Wildman–Crippen MR) is 76.4 cm³/mol. The van der Waals surface area contributed by atoms with Gasteiger partial charge in [-0.25, -0.2) is 0 Å². The second-order valence-corrected chi connectivity index (χ2v) is 6.04. The van der Waals surface area contributed by atoms with Crippen LogP contribution in [-0.2, 0) is 6.54 Å². The summed E-state index contributed by atoms with van der Waals surface area (Å²) in [4.78, 5) is 6.79. The van der Waals surface area contributed by atoms with Crippen LogP contribution in [-0.4, -0.2) is 10.1 Å². The van der Waals surface area contributed by atoms with Crippen LogP contribution >= 0.6 is 22.7 Å². The minimum Gasteiger partial charge on any atom is -0.338 e. The molecule has 0 aliphatic carbocycles. The third-order valence-corrected chi connectivity index (χ3v) is 4.56. The Bertz CT molecular complexity index is 582. The summed E-state index contributed by atoms with van der Waals surface area (Å²) in [6.07, 6.45) is 0. The Balaban J connectivity index is 1.77. The van der Waals surface area contributed by atoms with Crippen LogP contribution in [0.15, 0.2) is 39.5 Å². The summed E-state index contributed by atoms with van der Waals surface area (Å²) >= 11 is 3.49. The van der Waals surface area contributed by atoms with Gasteiger partial charge in [0.15, 0.2) is 5.82 Å². The standard InChI is InChI=1S/C13H13N3OS2/c1-9-15-12(17-16-9)8-14-13(10-4-2-6-18-10)11-5-3-7-19-11/h2-7,13-14H,8H2,1H3. The van der Waals surface area contributed by atoms with Gasteiger partial charge in [0.25, 0.3) is 0 Å². The van der Waals surface area contributed by atoms with Crippen LogP contribution in [0.4, 0.5) is 0 Å². The number of rotatable bonds is 5. The van der Waals surface area contributed by atoms with Crippen LogP contribution in [0.3, 0.4) is 0 Å². The lowest BCUT2D eigenvalue weighted by molar-refractivity contribution is 0.360. The second-order valence-electron chi connectivity index (χ2n) is 4.08. The van der Waals surface area contributed by atoms with Crippen LogP contribution < -0.4 is 5.32 Å². The van der Waals surface area contributed by atoms with E-state index in [0.717, 1.165) is 0 Å². The first kappa shape index (κ1) is 12.5. The maximum absolute atomic E-state index is 5.13. The van der Waals surface area contributed by atoms with Gasteiger partial charge >= 0.3 is 0 Å². The molecule has 0 spiro atoms. The summed E-state index contributed by atoms with van der Waals surface area (Å²) in [5.74, 6) is 1.29. The van der Waals surface area contributed by atoms with Crippen molar-refractivity contribution >= 4 is 22.7 Å². The molecule has 0 fully saturated rings. The van der Waals surface area contributed by atoms with Crippen LogP contribution in [0.1, 0.15) is 27.5 Å².